The molecule has 30 heavy (non-hydrogen) atoms. The Morgan fingerprint density at radius 1 is 1.20 bits per heavy atom. The smallest absolute Gasteiger partial charge is 0.251 e. The second kappa shape index (κ2) is 8.11. The van der Waals surface area contributed by atoms with Crippen molar-refractivity contribution in [2.45, 2.75) is 25.8 Å². The molecule has 0 unspecified atom stereocenters. The Morgan fingerprint density at radius 2 is 1.93 bits per heavy atom. The number of nitrogens with one attached hydrogen (secondary N) is 1. The summed E-state index contributed by atoms with van der Waals surface area (Å²) in [6, 6.07) is 11.2. The van der Waals surface area contributed by atoms with Gasteiger partial charge >= 0.3 is 0 Å². The van der Waals surface area contributed by atoms with Crippen LogP contribution in [-0.2, 0) is 22.4 Å². The van der Waals surface area contributed by atoms with Crippen LogP contribution < -0.4 is 10.2 Å². The molecule has 5 rings (SSSR count). The Balaban J connectivity index is 1.37. The van der Waals surface area contributed by atoms with Crippen LogP contribution >= 0.6 is 0 Å². The summed E-state index contributed by atoms with van der Waals surface area (Å²) in [5, 5.41) is 3.66. The standard InChI is InChI=1S/C24H28N4O2/c1-2-27-16-20(24(29)28-7-9-30-10-8-28)11-19-14-22(15-25-23(19)27)26-21-12-17-5-3-4-6-18(17)13-21/h3-6,11,14-15,21,26H,2,7-10,12-13,16H2,1H3. The average Bonchev–Trinajstić information content (AvgIpc) is 3.20. The zero-order valence-electron chi connectivity index (χ0n) is 17.4. The zero-order chi connectivity index (χ0) is 20.5. The van der Waals surface area contributed by atoms with Crippen LogP contribution in [0.1, 0.15) is 23.6 Å². The number of hydrogen-bond donors (Lipinski definition) is 1. The first-order chi connectivity index (χ1) is 14.7. The number of likely N-dealkylation sites (N-methyl/N-ethyl adjacent to an activating group) is 1. The van der Waals surface area contributed by atoms with E-state index in [9.17, 15) is 4.79 Å². The van der Waals surface area contributed by atoms with E-state index in [0.717, 1.165) is 42.0 Å². The molecule has 1 fully saturated rings. The lowest BCUT2D eigenvalue weighted by Gasteiger charge is -2.33. The van der Waals surface area contributed by atoms with E-state index in [1.165, 1.54) is 11.1 Å². The third kappa shape index (κ3) is 3.67. The molecule has 1 aromatic carbocycles. The van der Waals surface area contributed by atoms with Crippen molar-refractivity contribution in [3.05, 3.63) is 58.8 Å². The van der Waals surface area contributed by atoms with Gasteiger partial charge in [0, 0.05) is 43.4 Å². The van der Waals surface area contributed by atoms with Gasteiger partial charge in [-0.3, -0.25) is 4.79 Å². The van der Waals surface area contributed by atoms with Gasteiger partial charge in [0.15, 0.2) is 0 Å². The van der Waals surface area contributed by atoms with Crippen molar-refractivity contribution in [2.24, 2.45) is 0 Å². The third-order valence-electron chi connectivity index (χ3n) is 6.26. The van der Waals surface area contributed by atoms with E-state index in [-0.39, 0.29) is 5.91 Å². The summed E-state index contributed by atoms with van der Waals surface area (Å²) in [5.74, 6) is 1.07. The zero-order valence-corrected chi connectivity index (χ0v) is 17.4. The van der Waals surface area contributed by atoms with E-state index in [1.54, 1.807) is 0 Å². The maximum atomic E-state index is 13.1. The number of carbonyl (C=O) groups excluding carboxylic acids is 1. The van der Waals surface area contributed by atoms with Crippen LogP contribution in [0.3, 0.4) is 0 Å². The summed E-state index contributed by atoms with van der Waals surface area (Å²) < 4.78 is 5.40. The van der Waals surface area contributed by atoms with Gasteiger partial charge in [0.25, 0.3) is 5.91 Å². The van der Waals surface area contributed by atoms with Crippen LogP contribution in [0, 0.1) is 0 Å². The highest BCUT2D eigenvalue weighted by molar-refractivity contribution is 6.01. The van der Waals surface area contributed by atoms with Gasteiger partial charge in [-0.2, -0.15) is 0 Å². The molecule has 3 heterocycles. The molecule has 156 valence electrons. The molecule has 0 atom stereocenters. The SMILES string of the molecule is CCN1CC(C(=O)N2CCOCC2)=Cc2cc(NC3Cc4ccccc4C3)cnc21. The van der Waals surface area contributed by atoms with Crippen LogP contribution in [0.15, 0.2) is 42.1 Å². The van der Waals surface area contributed by atoms with Crippen molar-refractivity contribution in [3.8, 4) is 0 Å². The second-order valence-electron chi connectivity index (χ2n) is 8.24. The first-order valence-corrected chi connectivity index (χ1v) is 10.9. The van der Waals surface area contributed by atoms with Crippen LogP contribution in [0.25, 0.3) is 6.08 Å². The van der Waals surface area contributed by atoms with E-state index < -0.39 is 0 Å². The Morgan fingerprint density at radius 3 is 2.63 bits per heavy atom. The first-order valence-electron chi connectivity index (χ1n) is 10.9. The number of morpholine rings is 1. The Hall–Kier alpha value is -2.86. The number of rotatable bonds is 4. The molecule has 1 amide bonds. The lowest BCUT2D eigenvalue weighted by molar-refractivity contribution is -0.131. The fraction of sp³-hybridized carbons (Fsp3) is 0.417. The monoisotopic (exact) mass is 404 g/mol. The number of carbonyl (C=O) groups is 1. The molecule has 0 saturated carbocycles. The molecule has 0 radical (unpaired) electrons. The highest BCUT2D eigenvalue weighted by atomic mass is 16.5. The summed E-state index contributed by atoms with van der Waals surface area (Å²) in [5.41, 5.74) is 5.71. The van der Waals surface area contributed by atoms with E-state index in [0.29, 0.717) is 38.9 Å². The number of hydrogen-bond acceptors (Lipinski definition) is 5. The number of aromatic nitrogens is 1. The topological polar surface area (TPSA) is 57.7 Å². The molecule has 1 N–H and O–H groups in total. The number of fused-ring (bicyclic) bond motifs is 2. The van der Waals surface area contributed by atoms with Crippen LogP contribution in [0.2, 0.25) is 0 Å². The summed E-state index contributed by atoms with van der Waals surface area (Å²) in [7, 11) is 0. The highest BCUT2D eigenvalue weighted by Crippen LogP contribution is 2.31. The maximum Gasteiger partial charge on any atom is 0.251 e. The van der Waals surface area contributed by atoms with Gasteiger partial charge in [-0.1, -0.05) is 24.3 Å². The number of anilines is 2. The van der Waals surface area contributed by atoms with Crippen molar-refractivity contribution < 1.29 is 9.53 Å². The minimum Gasteiger partial charge on any atom is -0.380 e. The molecule has 6 heteroatoms. The van der Waals surface area contributed by atoms with Crippen LogP contribution in [-0.4, -0.2) is 61.2 Å². The van der Waals surface area contributed by atoms with Gasteiger partial charge in [0.05, 0.1) is 25.1 Å². The molecule has 1 saturated heterocycles. The van der Waals surface area contributed by atoms with Crippen molar-refractivity contribution in [1.29, 1.82) is 0 Å². The number of pyridine rings is 1. The van der Waals surface area contributed by atoms with Crippen molar-refractivity contribution in [3.63, 3.8) is 0 Å². The summed E-state index contributed by atoms with van der Waals surface area (Å²) >= 11 is 0. The van der Waals surface area contributed by atoms with Gasteiger partial charge in [0.1, 0.15) is 5.82 Å². The fourth-order valence-corrected chi connectivity index (χ4v) is 4.69. The predicted molar refractivity (Wildman–Crippen MR) is 119 cm³/mol. The molecule has 1 aromatic heterocycles. The van der Waals surface area contributed by atoms with Gasteiger partial charge in [-0.15, -0.1) is 0 Å². The average molecular weight is 405 g/mol. The van der Waals surface area contributed by atoms with E-state index in [1.807, 2.05) is 17.2 Å². The van der Waals surface area contributed by atoms with Crippen LogP contribution in [0.5, 0.6) is 0 Å². The lowest BCUT2D eigenvalue weighted by Crippen LogP contribution is -2.44. The maximum absolute atomic E-state index is 13.1. The van der Waals surface area contributed by atoms with E-state index >= 15 is 0 Å². The summed E-state index contributed by atoms with van der Waals surface area (Å²) in [4.78, 5) is 21.9. The number of amides is 1. The number of ether oxygens (including phenoxy) is 1. The molecular weight excluding hydrogens is 376 g/mol. The van der Waals surface area contributed by atoms with Crippen molar-refractivity contribution >= 4 is 23.5 Å². The first kappa shape index (κ1) is 19.1. The third-order valence-corrected chi connectivity index (χ3v) is 6.26. The minimum absolute atomic E-state index is 0.118. The van der Waals surface area contributed by atoms with E-state index in [2.05, 4.69) is 47.5 Å². The molecule has 3 aliphatic rings. The molecule has 6 nitrogen and oxygen atoms in total. The Kier molecular flexibility index (Phi) is 5.17. The summed E-state index contributed by atoms with van der Waals surface area (Å²) in [6.07, 6.45) is 6.02. The molecule has 1 aliphatic carbocycles. The molecule has 2 aromatic rings. The number of nitrogens with zero attached hydrogens (tertiary/aromatic N) is 3. The normalized spacial score (nSPS) is 18.6. The summed E-state index contributed by atoms with van der Waals surface area (Å²) in [6.45, 7) is 6.10. The largest absolute Gasteiger partial charge is 0.380 e. The molecular formula is C24H28N4O2. The van der Waals surface area contributed by atoms with E-state index in [4.69, 9.17) is 9.72 Å². The van der Waals surface area contributed by atoms with Gasteiger partial charge in [-0.25, -0.2) is 4.98 Å². The lowest BCUT2D eigenvalue weighted by atomic mass is 10.0. The molecule has 2 aliphatic heterocycles. The molecule has 0 spiro atoms. The Labute approximate surface area is 177 Å². The number of benzene rings is 1. The van der Waals surface area contributed by atoms with Gasteiger partial charge < -0.3 is 19.9 Å². The van der Waals surface area contributed by atoms with Crippen molar-refractivity contribution in [1.82, 2.24) is 9.88 Å². The van der Waals surface area contributed by atoms with Gasteiger partial charge in [0.2, 0.25) is 0 Å². The van der Waals surface area contributed by atoms with Gasteiger partial charge in [-0.05, 0) is 43.0 Å². The fourth-order valence-electron chi connectivity index (χ4n) is 4.69. The van der Waals surface area contributed by atoms with Crippen LogP contribution in [0.4, 0.5) is 11.5 Å². The highest BCUT2D eigenvalue weighted by Gasteiger charge is 2.27. The second-order valence-corrected chi connectivity index (χ2v) is 8.24. The molecule has 0 bridgehead atoms. The minimum atomic E-state index is 0.118. The van der Waals surface area contributed by atoms with Crippen molar-refractivity contribution in [2.75, 3.05) is 49.6 Å². The quantitative estimate of drug-likeness (QED) is 0.849. The Bertz CT molecular complexity index is 956. The predicted octanol–water partition coefficient (Wildman–Crippen LogP) is 2.74.